The zero-order valence-electron chi connectivity index (χ0n) is 12.0. The van der Waals surface area contributed by atoms with Gasteiger partial charge in [-0.25, -0.2) is 4.79 Å². The summed E-state index contributed by atoms with van der Waals surface area (Å²) in [7, 11) is 0. The van der Waals surface area contributed by atoms with E-state index >= 15 is 0 Å². The van der Waals surface area contributed by atoms with Gasteiger partial charge in [0.05, 0.1) is 5.56 Å². The van der Waals surface area contributed by atoms with E-state index in [4.69, 9.17) is 9.84 Å². The van der Waals surface area contributed by atoms with E-state index in [2.05, 4.69) is 12.2 Å². The first-order chi connectivity index (χ1) is 9.66. The summed E-state index contributed by atoms with van der Waals surface area (Å²) in [5.74, 6) is 0.552. The molecule has 4 heteroatoms. The third-order valence-corrected chi connectivity index (χ3v) is 3.99. The lowest BCUT2D eigenvalue weighted by molar-refractivity contribution is 0.0697. The van der Waals surface area contributed by atoms with Crippen molar-refractivity contribution in [1.82, 2.24) is 5.32 Å². The molecule has 0 aromatic heterocycles. The lowest BCUT2D eigenvalue weighted by Gasteiger charge is -2.29. The topological polar surface area (TPSA) is 58.6 Å². The Labute approximate surface area is 120 Å². The summed E-state index contributed by atoms with van der Waals surface area (Å²) in [6, 6.07) is 7.14. The van der Waals surface area contributed by atoms with Gasteiger partial charge in [0, 0.05) is 12.6 Å². The predicted molar refractivity (Wildman–Crippen MR) is 78.3 cm³/mol. The van der Waals surface area contributed by atoms with Gasteiger partial charge in [0.25, 0.3) is 0 Å². The normalized spacial score (nSPS) is 22.4. The molecule has 0 saturated heterocycles. The van der Waals surface area contributed by atoms with Crippen LogP contribution in [0.1, 0.15) is 43.0 Å². The first-order valence-corrected chi connectivity index (χ1v) is 7.36. The van der Waals surface area contributed by atoms with Gasteiger partial charge in [0.1, 0.15) is 12.4 Å². The van der Waals surface area contributed by atoms with Crippen LogP contribution < -0.4 is 10.1 Å². The van der Waals surface area contributed by atoms with Crippen molar-refractivity contribution in [3.8, 4) is 5.75 Å². The molecule has 1 aliphatic rings. The van der Waals surface area contributed by atoms with Crippen molar-refractivity contribution in [2.24, 2.45) is 5.92 Å². The third-order valence-electron chi connectivity index (χ3n) is 3.99. The van der Waals surface area contributed by atoms with Crippen molar-refractivity contribution >= 4 is 5.97 Å². The summed E-state index contributed by atoms with van der Waals surface area (Å²) in [6.45, 7) is 3.74. The smallest absolute Gasteiger partial charge is 0.335 e. The fourth-order valence-corrected chi connectivity index (χ4v) is 2.73. The quantitative estimate of drug-likeness (QED) is 0.785. The van der Waals surface area contributed by atoms with Gasteiger partial charge in [-0.1, -0.05) is 19.8 Å². The molecule has 1 aliphatic carbocycles. The number of rotatable bonds is 6. The number of hydrogen-bond acceptors (Lipinski definition) is 3. The van der Waals surface area contributed by atoms with E-state index in [0.29, 0.717) is 18.4 Å². The summed E-state index contributed by atoms with van der Waals surface area (Å²) < 4.78 is 5.61. The number of carboxylic acid groups (broad SMARTS) is 1. The van der Waals surface area contributed by atoms with Crippen LogP contribution >= 0.6 is 0 Å². The minimum absolute atomic E-state index is 0.284. The second kappa shape index (κ2) is 7.29. The van der Waals surface area contributed by atoms with Crippen LogP contribution in [-0.4, -0.2) is 30.3 Å². The van der Waals surface area contributed by atoms with Crippen LogP contribution in [0.25, 0.3) is 0 Å². The molecule has 0 heterocycles. The summed E-state index contributed by atoms with van der Waals surface area (Å²) in [6.07, 6.45) is 5.24. The Balaban J connectivity index is 1.69. The number of carbonyl (C=O) groups is 1. The van der Waals surface area contributed by atoms with E-state index in [1.54, 1.807) is 24.3 Å². The summed E-state index contributed by atoms with van der Waals surface area (Å²) in [5.41, 5.74) is 0.284. The molecule has 110 valence electrons. The van der Waals surface area contributed by atoms with Gasteiger partial charge < -0.3 is 15.2 Å². The Hall–Kier alpha value is -1.55. The Bertz CT molecular complexity index is 430. The van der Waals surface area contributed by atoms with Crippen molar-refractivity contribution in [1.29, 1.82) is 0 Å². The lowest BCUT2D eigenvalue weighted by atomic mass is 9.86. The second-order valence-corrected chi connectivity index (χ2v) is 5.50. The highest BCUT2D eigenvalue weighted by Gasteiger charge is 2.20. The van der Waals surface area contributed by atoms with Gasteiger partial charge in [-0.05, 0) is 43.0 Å². The molecule has 1 aromatic rings. The van der Waals surface area contributed by atoms with Gasteiger partial charge in [-0.2, -0.15) is 0 Å². The van der Waals surface area contributed by atoms with Crippen LogP contribution in [0.15, 0.2) is 24.3 Å². The van der Waals surface area contributed by atoms with E-state index in [1.807, 2.05) is 0 Å². The second-order valence-electron chi connectivity index (χ2n) is 5.50. The summed E-state index contributed by atoms with van der Waals surface area (Å²) in [5, 5.41) is 12.4. The van der Waals surface area contributed by atoms with Crippen LogP contribution in [0, 0.1) is 5.92 Å². The number of aromatic carboxylic acids is 1. The minimum atomic E-state index is -0.912. The van der Waals surface area contributed by atoms with Crippen LogP contribution in [0.3, 0.4) is 0 Å². The molecule has 2 atom stereocenters. The largest absolute Gasteiger partial charge is 0.492 e. The Kier molecular flexibility index (Phi) is 5.41. The maximum Gasteiger partial charge on any atom is 0.335 e. The maximum absolute atomic E-state index is 10.7. The van der Waals surface area contributed by atoms with E-state index in [-0.39, 0.29) is 5.56 Å². The predicted octanol–water partition coefficient (Wildman–Crippen LogP) is 2.93. The molecule has 20 heavy (non-hydrogen) atoms. The molecule has 1 fully saturated rings. The fraction of sp³-hybridized carbons (Fsp3) is 0.562. The average Bonchev–Trinajstić information content (AvgIpc) is 2.46. The van der Waals surface area contributed by atoms with Gasteiger partial charge in [0.2, 0.25) is 0 Å². The van der Waals surface area contributed by atoms with Crippen molar-refractivity contribution < 1.29 is 14.6 Å². The summed E-state index contributed by atoms with van der Waals surface area (Å²) >= 11 is 0. The van der Waals surface area contributed by atoms with Crippen molar-refractivity contribution in [2.45, 2.75) is 38.6 Å². The van der Waals surface area contributed by atoms with Gasteiger partial charge in [0.15, 0.2) is 0 Å². The maximum atomic E-state index is 10.7. The monoisotopic (exact) mass is 277 g/mol. The zero-order chi connectivity index (χ0) is 14.4. The molecular weight excluding hydrogens is 254 g/mol. The van der Waals surface area contributed by atoms with Crippen LogP contribution in [0.2, 0.25) is 0 Å². The highest BCUT2D eigenvalue weighted by atomic mass is 16.5. The standard InChI is InChI=1S/C16H23NO3/c1-12-4-2-3-5-15(12)17-10-11-20-14-8-6-13(7-9-14)16(18)19/h6-9,12,15,17H,2-5,10-11H2,1H3,(H,18,19). The SMILES string of the molecule is CC1CCCCC1NCCOc1ccc(C(=O)O)cc1. The van der Waals surface area contributed by atoms with Gasteiger partial charge in [-0.15, -0.1) is 0 Å². The molecule has 0 aliphatic heterocycles. The molecule has 1 saturated carbocycles. The molecule has 0 spiro atoms. The first-order valence-electron chi connectivity index (χ1n) is 7.36. The van der Waals surface area contributed by atoms with Crippen molar-refractivity contribution in [3.63, 3.8) is 0 Å². The molecular formula is C16H23NO3. The minimum Gasteiger partial charge on any atom is -0.492 e. The lowest BCUT2D eigenvalue weighted by Crippen LogP contribution is -2.39. The van der Waals surface area contributed by atoms with Gasteiger partial charge >= 0.3 is 5.97 Å². The first kappa shape index (κ1) is 14.9. The molecule has 1 aromatic carbocycles. The van der Waals surface area contributed by atoms with E-state index in [0.717, 1.165) is 12.5 Å². The van der Waals surface area contributed by atoms with Crippen molar-refractivity contribution in [2.75, 3.05) is 13.2 Å². The van der Waals surface area contributed by atoms with Crippen LogP contribution in [0.5, 0.6) is 5.75 Å². The average molecular weight is 277 g/mol. The van der Waals surface area contributed by atoms with Gasteiger partial charge in [-0.3, -0.25) is 0 Å². The molecule has 2 unspecified atom stereocenters. The number of carboxylic acids is 1. The summed E-state index contributed by atoms with van der Waals surface area (Å²) in [4.78, 5) is 10.7. The number of hydrogen-bond donors (Lipinski definition) is 2. The molecule has 0 bridgehead atoms. The number of benzene rings is 1. The molecule has 0 radical (unpaired) electrons. The highest BCUT2D eigenvalue weighted by Crippen LogP contribution is 2.23. The van der Waals surface area contributed by atoms with Crippen LogP contribution in [0.4, 0.5) is 0 Å². The van der Waals surface area contributed by atoms with Crippen molar-refractivity contribution in [3.05, 3.63) is 29.8 Å². The number of ether oxygens (including phenoxy) is 1. The van der Waals surface area contributed by atoms with E-state index < -0.39 is 5.97 Å². The fourth-order valence-electron chi connectivity index (χ4n) is 2.73. The Morgan fingerprint density at radius 3 is 2.65 bits per heavy atom. The Morgan fingerprint density at radius 1 is 1.30 bits per heavy atom. The zero-order valence-corrected chi connectivity index (χ0v) is 12.0. The molecule has 2 N–H and O–H groups in total. The third kappa shape index (κ3) is 4.23. The van der Waals surface area contributed by atoms with E-state index in [1.165, 1.54) is 25.7 Å². The molecule has 4 nitrogen and oxygen atoms in total. The highest BCUT2D eigenvalue weighted by molar-refractivity contribution is 5.87. The Morgan fingerprint density at radius 2 is 2.00 bits per heavy atom. The van der Waals surface area contributed by atoms with Crippen LogP contribution in [-0.2, 0) is 0 Å². The molecule has 0 amide bonds. The molecule has 2 rings (SSSR count). The van der Waals surface area contributed by atoms with E-state index in [9.17, 15) is 4.79 Å². The number of nitrogens with one attached hydrogen (secondary N) is 1.